The van der Waals surface area contributed by atoms with E-state index in [0.717, 1.165) is 18.4 Å². The Bertz CT molecular complexity index is 1140. The van der Waals surface area contributed by atoms with Gasteiger partial charge in [0.25, 0.3) is 5.56 Å². The van der Waals surface area contributed by atoms with Crippen molar-refractivity contribution >= 4 is 23.8 Å². The van der Waals surface area contributed by atoms with E-state index in [1.54, 1.807) is 19.2 Å². The first-order valence-corrected chi connectivity index (χ1v) is 10.4. The fourth-order valence-electron chi connectivity index (χ4n) is 3.61. The maximum atomic E-state index is 12.7. The normalized spacial score (nSPS) is 15.7. The van der Waals surface area contributed by atoms with Gasteiger partial charge in [0.1, 0.15) is 5.56 Å². The average molecular weight is 447 g/mol. The van der Waals surface area contributed by atoms with E-state index < -0.39 is 11.6 Å². The van der Waals surface area contributed by atoms with Crippen LogP contribution in [0.1, 0.15) is 50.3 Å². The number of nitrogens with zero attached hydrogens (tertiary/aromatic N) is 3. The number of unbranched alkanes of at least 4 members (excludes halogenated alkanes) is 1. The lowest BCUT2D eigenvalue weighted by molar-refractivity contribution is -0.130. The van der Waals surface area contributed by atoms with Gasteiger partial charge in [-0.1, -0.05) is 19.4 Å². The number of methoxy groups -OCH3 is 2. The summed E-state index contributed by atoms with van der Waals surface area (Å²) in [6.07, 6.45) is 1.93. The minimum atomic E-state index is -0.537. The summed E-state index contributed by atoms with van der Waals surface area (Å²) in [5.41, 5.74) is 0.569. The molecule has 1 aliphatic rings. The van der Waals surface area contributed by atoms with Gasteiger partial charge in [-0.2, -0.15) is 5.10 Å². The number of amides is 1. The van der Waals surface area contributed by atoms with E-state index in [1.807, 2.05) is 13.0 Å². The number of carbonyl (C=O) groups excluding carboxylic acids is 1. The van der Waals surface area contributed by atoms with Crippen LogP contribution in [-0.2, 0) is 11.3 Å². The van der Waals surface area contributed by atoms with Gasteiger partial charge in [-0.05, 0) is 36.3 Å². The van der Waals surface area contributed by atoms with Crippen LogP contribution < -0.4 is 15.0 Å². The van der Waals surface area contributed by atoms with Crippen molar-refractivity contribution in [1.29, 1.82) is 0 Å². The zero-order valence-corrected chi connectivity index (χ0v) is 18.8. The highest BCUT2D eigenvalue weighted by Crippen LogP contribution is 2.37. The Labute approximate surface area is 184 Å². The molecule has 1 unspecified atom stereocenters. The number of rotatable bonds is 7. The summed E-state index contributed by atoms with van der Waals surface area (Å²) in [4.78, 5) is 27.6. The Morgan fingerprint density at radius 1 is 1.32 bits per heavy atom. The molecule has 0 fully saturated rings. The second-order valence-corrected chi connectivity index (χ2v) is 7.59. The van der Waals surface area contributed by atoms with Crippen LogP contribution in [0.25, 0.3) is 0 Å². The molecule has 2 aromatic rings. The fraction of sp³-hybridized carbons (Fsp3) is 0.429. The Kier molecular flexibility index (Phi) is 6.79. The van der Waals surface area contributed by atoms with Crippen LogP contribution >= 0.6 is 12.2 Å². The van der Waals surface area contributed by atoms with Crippen LogP contribution in [0.3, 0.4) is 0 Å². The number of aromatic nitrogens is 2. The first kappa shape index (κ1) is 22.5. The van der Waals surface area contributed by atoms with E-state index in [4.69, 9.17) is 21.7 Å². The smallest absolute Gasteiger partial charge is 0.264 e. The molecule has 1 aliphatic heterocycles. The molecule has 1 amide bonds. The summed E-state index contributed by atoms with van der Waals surface area (Å²) in [7, 11) is 3.08. The van der Waals surface area contributed by atoms with Crippen LogP contribution in [0.2, 0.25) is 0 Å². The van der Waals surface area contributed by atoms with E-state index in [2.05, 4.69) is 10.1 Å². The molecule has 0 spiro atoms. The lowest BCUT2D eigenvalue weighted by Crippen LogP contribution is -2.24. The second kappa shape index (κ2) is 9.34. The van der Waals surface area contributed by atoms with Crippen molar-refractivity contribution in [1.82, 2.24) is 14.6 Å². The highest BCUT2D eigenvalue weighted by molar-refractivity contribution is 7.71. The van der Waals surface area contributed by atoms with E-state index in [0.29, 0.717) is 23.8 Å². The molecule has 0 bridgehead atoms. The molecule has 0 saturated carbocycles. The lowest BCUT2D eigenvalue weighted by atomic mass is 9.98. The molecule has 166 valence electrons. The third-order valence-corrected chi connectivity index (χ3v) is 5.54. The number of aromatic hydroxyl groups is 1. The summed E-state index contributed by atoms with van der Waals surface area (Å²) in [5, 5.41) is 16.5. The molecule has 1 aromatic carbocycles. The third-order valence-electron chi connectivity index (χ3n) is 5.22. The molecule has 0 radical (unpaired) electrons. The largest absolute Gasteiger partial charge is 0.494 e. The van der Waals surface area contributed by atoms with Crippen molar-refractivity contribution in [2.45, 2.75) is 45.7 Å². The lowest BCUT2D eigenvalue weighted by Gasteiger charge is -2.21. The summed E-state index contributed by atoms with van der Waals surface area (Å²) in [6.45, 7) is 3.89. The van der Waals surface area contributed by atoms with Gasteiger partial charge in [-0.15, -0.1) is 0 Å². The molecule has 0 aliphatic carbocycles. The molecule has 2 heterocycles. The Morgan fingerprint density at radius 2 is 2.03 bits per heavy atom. The minimum absolute atomic E-state index is 0.0268. The van der Waals surface area contributed by atoms with E-state index in [9.17, 15) is 14.7 Å². The monoisotopic (exact) mass is 446 g/mol. The topological polar surface area (TPSA) is 109 Å². The first-order valence-electron chi connectivity index (χ1n) is 9.98. The Balaban J connectivity index is 2.06. The van der Waals surface area contributed by atoms with Gasteiger partial charge in [-0.25, -0.2) is 5.01 Å². The number of hydrazone groups is 1. The standard InChI is InChI=1S/C21H26N4O5S/c1-5-6-9-24-20(28)18(19(27)22-21(24)31)14-11-15(25(23-14)12(2)26)13-7-8-16(29-3)17(10-13)30-4/h7-8,10,15,28H,5-6,9,11H2,1-4H3,(H,22,27,31). The molecule has 31 heavy (non-hydrogen) atoms. The summed E-state index contributed by atoms with van der Waals surface area (Å²) < 4.78 is 12.3. The molecule has 2 N–H and O–H groups in total. The quantitative estimate of drug-likeness (QED) is 0.633. The number of hydrogen-bond donors (Lipinski definition) is 2. The zero-order valence-electron chi connectivity index (χ0n) is 18.0. The van der Waals surface area contributed by atoms with Crippen LogP contribution in [-0.4, -0.2) is 45.5 Å². The molecule has 10 heteroatoms. The number of hydrogen-bond acceptors (Lipinski definition) is 7. The minimum Gasteiger partial charge on any atom is -0.494 e. The summed E-state index contributed by atoms with van der Waals surface area (Å²) in [5.74, 6) is 0.555. The van der Waals surface area contributed by atoms with Crippen molar-refractivity contribution in [3.8, 4) is 17.4 Å². The number of benzene rings is 1. The predicted octanol–water partition coefficient (Wildman–Crippen LogP) is 3.13. The number of aromatic amines is 1. The Hall–Kier alpha value is -3.14. The van der Waals surface area contributed by atoms with Gasteiger partial charge in [0.2, 0.25) is 11.8 Å². The van der Waals surface area contributed by atoms with Crippen LogP contribution in [0.5, 0.6) is 17.4 Å². The van der Waals surface area contributed by atoms with Gasteiger partial charge >= 0.3 is 0 Å². The predicted molar refractivity (Wildman–Crippen MR) is 118 cm³/mol. The SMILES string of the molecule is CCCCn1c(O)c(C2=NN(C(C)=O)C(c3ccc(OC)c(OC)c3)C2)c(=O)[nH]c1=S. The van der Waals surface area contributed by atoms with Crippen molar-refractivity contribution in [3.05, 3.63) is 44.5 Å². The van der Waals surface area contributed by atoms with Gasteiger partial charge in [0, 0.05) is 19.9 Å². The molecule has 3 rings (SSSR count). The van der Waals surface area contributed by atoms with Crippen molar-refractivity contribution in [2.24, 2.45) is 5.10 Å². The number of carbonyl (C=O) groups is 1. The number of H-pyrrole nitrogens is 1. The van der Waals surface area contributed by atoms with E-state index >= 15 is 0 Å². The maximum Gasteiger partial charge on any atom is 0.264 e. The maximum absolute atomic E-state index is 12.7. The molecule has 1 atom stereocenters. The number of nitrogens with one attached hydrogen (secondary N) is 1. The van der Waals surface area contributed by atoms with Gasteiger partial charge in [-0.3, -0.25) is 19.1 Å². The summed E-state index contributed by atoms with van der Waals surface area (Å²) >= 11 is 5.21. The molecule has 9 nitrogen and oxygen atoms in total. The van der Waals surface area contributed by atoms with Crippen LogP contribution in [0, 0.1) is 4.77 Å². The van der Waals surface area contributed by atoms with E-state index in [-0.39, 0.29) is 28.5 Å². The molecular weight excluding hydrogens is 420 g/mol. The second-order valence-electron chi connectivity index (χ2n) is 7.21. The highest BCUT2D eigenvalue weighted by atomic mass is 32.1. The fourth-order valence-corrected chi connectivity index (χ4v) is 3.89. The summed E-state index contributed by atoms with van der Waals surface area (Å²) in [6, 6.07) is 4.88. The van der Waals surface area contributed by atoms with Gasteiger partial charge < -0.3 is 14.6 Å². The van der Waals surface area contributed by atoms with Gasteiger partial charge in [0.15, 0.2) is 16.3 Å². The van der Waals surface area contributed by atoms with Crippen LogP contribution in [0.15, 0.2) is 28.1 Å². The van der Waals surface area contributed by atoms with Gasteiger partial charge in [0.05, 0.1) is 26.0 Å². The molecule has 1 aromatic heterocycles. The van der Waals surface area contributed by atoms with E-state index in [1.165, 1.54) is 23.6 Å². The molecule has 0 saturated heterocycles. The van der Waals surface area contributed by atoms with Crippen molar-refractivity contribution < 1.29 is 19.4 Å². The van der Waals surface area contributed by atoms with Crippen molar-refractivity contribution in [2.75, 3.05) is 14.2 Å². The number of ether oxygens (including phenoxy) is 2. The van der Waals surface area contributed by atoms with Crippen LogP contribution in [0.4, 0.5) is 0 Å². The van der Waals surface area contributed by atoms with Crippen molar-refractivity contribution in [3.63, 3.8) is 0 Å². The average Bonchev–Trinajstić information content (AvgIpc) is 3.18. The third kappa shape index (κ3) is 4.34. The zero-order chi connectivity index (χ0) is 22.7. The first-order chi connectivity index (χ1) is 14.8. The molecular formula is C21H26N4O5S. The highest BCUT2D eigenvalue weighted by Gasteiger charge is 2.34. The Morgan fingerprint density at radius 3 is 2.65 bits per heavy atom.